The maximum absolute atomic E-state index is 13.5. The van der Waals surface area contributed by atoms with Gasteiger partial charge in [-0.1, -0.05) is 65.3 Å². The van der Waals surface area contributed by atoms with Crippen molar-refractivity contribution in [3.05, 3.63) is 46.1 Å². The van der Waals surface area contributed by atoms with Gasteiger partial charge in [-0.2, -0.15) is 0 Å². The third kappa shape index (κ3) is 3.31. The van der Waals surface area contributed by atoms with Crippen molar-refractivity contribution in [2.45, 2.75) is 96.9 Å². The van der Waals surface area contributed by atoms with E-state index < -0.39 is 16.8 Å². The number of amides is 1. The molecule has 34 heavy (non-hydrogen) atoms. The van der Waals surface area contributed by atoms with E-state index in [1.807, 2.05) is 4.90 Å². The smallest absolute Gasteiger partial charge is 0.309 e. The van der Waals surface area contributed by atoms with Gasteiger partial charge in [0.25, 0.3) is 0 Å². The number of benzene rings is 1. The van der Waals surface area contributed by atoms with Gasteiger partial charge in [-0.15, -0.1) is 0 Å². The molecule has 4 atom stereocenters. The second-order valence-electron chi connectivity index (χ2n) is 13.1. The number of carboxylic acids is 1. The molecule has 5 aliphatic rings. The van der Waals surface area contributed by atoms with E-state index in [1.54, 1.807) is 0 Å². The predicted octanol–water partition coefficient (Wildman–Crippen LogP) is 6.92. The minimum absolute atomic E-state index is 0.100. The largest absolute Gasteiger partial charge is 0.481 e. The van der Waals surface area contributed by atoms with Crippen molar-refractivity contribution in [1.29, 1.82) is 0 Å². The van der Waals surface area contributed by atoms with E-state index in [0.29, 0.717) is 43.4 Å². The SMILES string of the molecule is CC[C@H](C)C1=CN(C23CC(C(=O)O)(C2)C3)C(=O)C[C@@]1(C)c1ccc([C@@H]2C[C@H]2C(C)(C)C)c(Cl)c1. The predicted molar refractivity (Wildman–Crippen MR) is 135 cm³/mol. The number of carbonyl (C=O) groups is 2. The summed E-state index contributed by atoms with van der Waals surface area (Å²) in [6, 6.07) is 6.50. The maximum atomic E-state index is 13.5. The molecule has 4 fully saturated rings. The highest BCUT2D eigenvalue weighted by atomic mass is 35.5. The zero-order valence-electron chi connectivity index (χ0n) is 21.4. The topological polar surface area (TPSA) is 57.6 Å². The summed E-state index contributed by atoms with van der Waals surface area (Å²) < 4.78 is 0. The normalized spacial score (nSPS) is 37.4. The van der Waals surface area contributed by atoms with Crippen LogP contribution in [0.5, 0.6) is 0 Å². The van der Waals surface area contributed by atoms with Crippen molar-refractivity contribution in [2.24, 2.45) is 22.7 Å². The summed E-state index contributed by atoms with van der Waals surface area (Å²) in [7, 11) is 0. The molecule has 1 heterocycles. The molecule has 0 unspecified atom stereocenters. The molecular formula is C29H38ClNO3. The molecule has 0 radical (unpaired) electrons. The lowest BCUT2D eigenvalue weighted by atomic mass is 9.38. The lowest BCUT2D eigenvalue weighted by Crippen LogP contribution is -2.77. The molecule has 1 amide bonds. The molecule has 6 rings (SSSR count). The van der Waals surface area contributed by atoms with Gasteiger partial charge in [-0.05, 0) is 78.0 Å². The van der Waals surface area contributed by atoms with Crippen molar-refractivity contribution < 1.29 is 14.7 Å². The highest BCUT2D eigenvalue weighted by molar-refractivity contribution is 6.31. The zero-order valence-corrected chi connectivity index (χ0v) is 22.1. The molecule has 5 heteroatoms. The number of carbonyl (C=O) groups excluding carboxylic acids is 1. The minimum Gasteiger partial charge on any atom is -0.481 e. The molecule has 0 spiro atoms. The number of rotatable bonds is 6. The standard InChI is InChI=1S/C29H38ClNO3/c1-7-17(2)22-13-31(29-14-28(15-29,16-29)25(33)34)24(32)12-27(22,6)18-8-9-19(23(30)10-18)20-11-21(20)26(3,4)5/h8-10,13,17,20-21H,7,11-12,14-16H2,1-6H3,(H,33,34)/t17-,20-,21+,27-,28?,29?/m0/s1. The molecule has 4 saturated carbocycles. The summed E-state index contributed by atoms with van der Waals surface area (Å²) in [5.41, 5.74) is 2.59. The summed E-state index contributed by atoms with van der Waals surface area (Å²) in [4.78, 5) is 27.0. The molecule has 184 valence electrons. The first-order valence-electron chi connectivity index (χ1n) is 12.8. The van der Waals surface area contributed by atoms with Crippen LogP contribution in [0.1, 0.15) is 97.1 Å². The average molecular weight is 484 g/mol. The number of halogens is 1. The highest BCUT2D eigenvalue weighted by Gasteiger charge is 2.75. The fourth-order valence-electron chi connectivity index (χ4n) is 7.29. The number of hydrogen-bond acceptors (Lipinski definition) is 2. The Labute approximate surface area is 208 Å². The van der Waals surface area contributed by atoms with E-state index >= 15 is 0 Å². The quantitative estimate of drug-likeness (QED) is 0.477. The molecule has 1 aromatic rings. The monoisotopic (exact) mass is 483 g/mol. The number of nitrogens with zero attached hydrogens (tertiary/aromatic N) is 1. The Morgan fingerprint density at radius 2 is 1.91 bits per heavy atom. The van der Waals surface area contributed by atoms with Crippen molar-refractivity contribution in [2.75, 3.05) is 0 Å². The van der Waals surface area contributed by atoms with E-state index in [-0.39, 0.29) is 16.9 Å². The molecule has 2 bridgehead atoms. The summed E-state index contributed by atoms with van der Waals surface area (Å²) in [5, 5.41) is 10.4. The number of aliphatic carboxylic acids is 1. The van der Waals surface area contributed by atoms with Crippen molar-refractivity contribution >= 4 is 23.5 Å². The first-order valence-corrected chi connectivity index (χ1v) is 13.2. The summed E-state index contributed by atoms with van der Waals surface area (Å²) in [5.74, 6) is 0.882. The van der Waals surface area contributed by atoms with Crippen molar-refractivity contribution in [3.63, 3.8) is 0 Å². The molecule has 0 aromatic heterocycles. The Hall–Kier alpha value is -1.81. The third-order valence-electron chi connectivity index (χ3n) is 9.73. The van der Waals surface area contributed by atoms with E-state index in [1.165, 1.54) is 17.6 Å². The Morgan fingerprint density at radius 1 is 1.26 bits per heavy atom. The van der Waals surface area contributed by atoms with Crippen LogP contribution in [-0.4, -0.2) is 27.4 Å². The summed E-state index contributed by atoms with van der Waals surface area (Å²) in [6.07, 6.45) is 6.40. The van der Waals surface area contributed by atoms with Gasteiger partial charge in [-0.25, -0.2) is 0 Å². The minimum atomic E-state index is -0.714. The van der Waals surface area contributed by atoms with Crippen LogP contribution >= 0.6 is 11.6 Å². The lowest BCUT2D eigenvalue weighted by molar-refractivity contribution is -0.224. The summed E-state index contributed by atoms with van der Waals surface area (Å²) >= 11 is 6.87. The van der Waals surface area contributed by atoms with Crippen LogP contribution in [0, 0.1) is 22.7 Å². The Balaban J connectivity index is 1.46. The second-order valence-corrected chi connectivity index (χ2v) is 13.5. The van der Waals surface area contributed by atoms with E-state index in [9.17, 15) is 14.7 Å². The fourth-order valence-corrected chi connectivity index (χ4v) is 7.61. The Bertz CT molecular complexity index is 1080. The molecule has 0 saturated heterocycles. The number of allylic oxidation sites excluding steroid dienone is 1. The van der Waals surface area contributed by atoms with Gasteiger partial charge >= 0.3 is 5.97 Å². The average Bonchev–Trinajstić information content (AvgIpc) is 3.47. The lowest BCUT2D eigenvalue weighted by Gasteiger charge is -2.71. The van der Waals surface area contributed by atoms with Gasteiger partial charge in [0.1, 0.15) is 0 Å². The van der Waals surface area contributed by atoms with Crippen molar-refractivity contribution in [1.82, 2.24) is 4.90 Å². The van der Waals surface area contributed by atoms with Gasteiger partial charge in [0.05, 0.1) is 11.0 Å². The zero-order chi connectivity index (χ0) is 24.8. The van der Waals surface area contributed by atoms with Gasteiger partial charge in [-0.3, -0.25) is 9.59 Å². The van der Waals surface area contributed by atoms with E-state index in [0.717, 1.165) is 17.0 Å². The second kappa shape index (κ2) is 7.35. The third-order valence-corrected chi connectivity index (χ3v) is 10.1. The van der Waals surface area contributed by atoms with E-state index in [2.05, 4.69) is 65.9 Å². The molecule has 1 aromatic carbocycles. The molecule has 1 N–H and O–H groups in total. The first-order chi connectivity index (χ1) is 15.8. The van der Waals surface area contributed by atoms with Gasteiger partial charge < -0.3 is 10.0 Å². The molecule has 4 nitrogen and oxygen atoms in total. The van der Waals surface area contributed by atoms with Crippen LogP contribution in [0.2, 0.25) is 5.02 Å². The van der Waals surface area contributed by atoms with Crippen LogP contribution in [0.25, 0.3) is 0 Å². The van der Waals surface area contributed by atoms with Crippen LogP contribution in [0.4, 0.5) is 0 Å². The van der Waals surface area contributed by atoms with Gasteiger partial charge in [0, 0.05) is 23.1 Å². The molecule has 4 aliphatic carbocycles. The Morgan fingerprint density at radius 3 is 2.41 bits per heavy atom. The van der Waals surface area contributed by atoms with Crippen LogP contribution < -0.4 is 0 Å². The van der Waals surface area contributed by atoms with Crippen molar-refractivity contribution in [3.8, 4) is 0 Å². The number of carboxylic acid groups (broad SMARTS) is 1. The molecule has 1 aliphatic heterocycles. The fraction of sp³-hybridized carbons (Fsp3) is 0.655. The van der Waals surface area contributed by atoms with Crippen LogP contribution in [-0.2, 0) is 15.0 Å². The van der Waals surface area contributed by atoms with Gasteiger partial charge in [0.15, 0.2) is 0 Å². The van der Waals surface area contributed by atoms with Crippen LogP contribution in [0.15, 0.2) is 30.0 Å². The molecular weight excluding hydrogens is 446 g/mol. The summed E-state index contributed by atoms with van der Waals surface area (Å²) in [6.45, 7) is 13.5. The van der Waals surface area contributed by atoms with Gasteiger partial charge in [0.2, 0.25) is 5.91 Å². The highest BCUT2D eigenvalue weighted by Crippen LogP contribution is 2.71. The maximum Gasteiger partial charge on any atom is 0.309 e. The number of hydrogen-bond donors (Lipinski definition) is 1. The Kier molecular flexibility index (Phi) is 5.17. The first kappa shape index (κ1) is 23.9. The van der Waals surface area contributed by atoms with E-state index in [4.69, 9.17) is 11.6 Å². The van der Waals surface area contributed by atoms with Crippen LogP contribution in [0.3, 0.4) is 0 Å².